The first-order valence-electron chi connectivity index (χ1n) is 6.65. The molecule has 0 bridgehead atoms. The third-order valence-electron chi connectivity index (χ3n) is 4.39. The van der Waals surface area contributed by atoms with Gasteiger partial charge in [-0.15, -0.1) is 0 Å². The van der Waals surface area contributed by atoms with E-state index in [4.69, 9.17) is 5.14 Å². The van der Waals surface area contributed by atoms with Crippen molar-refractivity contribution in [3.05, 3.63) is 0 Å². The Bertz CT molecular complexity index is 425. The van der Waals surface area contributed by atoms with Crippen LogP contribution in [0.1, 0.15) is 51.9 Å². The Morgan fingerprint density at radius 2 is 1.78 bits per heavy atom. The molecule has 0 aromatic carbocycles. The fourth-order valence-electron chi connectivity index (χ4n) is 3.18. The van der Waals surface area contributed by atoms with Crippen molar-refractivity contribution >= 4 is 15.9 Å². The normalized spacial score (nSPS) is 29.3. The van der Waals surface area contributed by atoms with Crippen molar-refractivity contribution in [3.63, 3.8) is 0 Å². The first-order chi connectivity index (χ1) is 8.33. The number of primary sulfonamides is 1. The second-order valence-electron chi connectivity index (χ2n) is 5.83. The van der Waals surface area contributed by atoms with Crippen LogP contribution in [0.2, 0.25) is 0 Å². The molecule has 2 rings (SSSR count). The molecule has 1 saturated carbocycles. The third kappa shape index (κ3) is 2.69. The van der Waals surface area contributed by atoms with Crippen LogP contribution in [-0.2, 0) is 14.8 Å². The van der Waals surface area contributed by atoms with E-state index in [2.05, 4.69) is 6.92 Å². The van der Waals surface area contributed by atoms with E-state index in [1.807, 2.05) is 0 Å². The minimum Gasteiger partial charge on any atom is -0.336 e. The minimum atomic E-state index is -3.61. The van der Waals surface area contributed by atoms with E-state index in [1.54, 1.807) is 4.90 Å². The Kier molecular flexibility index (Phi) is 3.69. The van der Waals surface area contributed by atoms with Gasteiger partial charge in [0.25, 0.3) is 0 Å². The molecule has 1 atom stereocenters. The van der Waals surface area contributed by atoms with Gasteiger partial charge in [-0.3, -0.25) is 4.79 Å². The Hall–Kier alpha value is -0.620. The monoisotopic (exact) mass is 274 g/mol. The maximum atomic E-state index is 12.1. The lowest BCUT2D eigenvalue weighted by Gasteiger charge is -2.38. The van der Waals surface area contributed by atoms with Gasteiger partial charge in [0.1, 0.15) is 5.25 Å². The maximum absolute atomic E-state index is 12.1. The SMILES string of the molecule is CC1(N2CC(S(N)(=O)=O)CC2=O)CCCCCC1. The van der Waals surface area contributed by atoms with Gasteiger partial charge in [0.05, 0.1) is 0 Å². The van der Waals surface area contributed by atoms with Gasteiger partial charge in [0, 0.05) is 18.5 Å². The second kappa shape index (κ2) is 4.81. The Labute approximate surface area is 109 Å². The van der Waals surface area contributed by atoms with Gasteiger partial charge in [-0.2, -0.15) is 0 Å². The summed E-state index contributed by atoms with van der Waals surface area (Å²) in [5.74, 6) is -0.0570. The van der Waals surface area contributed by atoms with Gasteiger partial charge in [-0.05, 0) is 19.8 Å². The predicted octanol–water partition coefficient (Wildman–Crippen LogP) is 0.989. The maximum Gasteiger partial charge on any atom is 0.224 e. The molecule has 1 aliphatic carbocycles. The lowest BCUT2D eigenvalue weighted by molar-refractivity contribution is -0.133. The number of hydrogen-bond donors (Lipinski definition) is 1. The summed E-state index contributed by atoms with van der Waals surface area (Å²) in [7, 11) is -3.61. The summed E-state index contributed by atoms with van der Waals surface area (Å²) in [6.07, 6.45) is 6.62. The average Bonchev–Trinajstić information content (AvgIpc) is 2.53. The molecule has 6 heteroatoms. The van der Waals surface area contributed by atoms with E-state index in [1.165, 1.54) is 12.8 Å². The molecule has 104 valence electrons. The minimum absolute atomic E-state index is 0.0500. The standard InChI is InChI=1S/C12H22N2O3S/c1-12(6-4-2-3-5-7-12)14-9-10(8-11(14)15)18(13,16)17/h10H,2-9H2,1H3,(H2,13,16,17). The molecule has 18 heavy (non-hydrogen) atoms. The zero-order valence-corrected chi connectivity index (χ0v) is 11.7. The van der Waals surface area contributed by atoms with Gasteiger partial charge in [-0.1, -0.05) is 25.7 Å². The molecule has 0 aromatic rings. The van der Waals surface area contributed by atoms with Crippen molar-refractivity contribution in [1.82, 2.24) is 4.90 Å². The Morgan fingerprint density at radius 3 is 2.22 bits per heavy atom. The Balaban J connectivity index is 2.15. The van der Waals surface area contributed by atoms with E-state index in [-0.39, 0.29) is 24.4 Å². The summed E-state index contributed by atoms with van der Waals surface area (Å²) in [5, 5.41) is 4.44. The molecule has 1 aliphatic heterocycles. The second-order valence-corrected chi connectivity index (χ2v) is 7.68. The van der Waals surface area contributed by atoms with E-state index in [0.717, 1.165) is 25.7 Å². The van der Waals surface area contributed by atoms with Crippen LogP contribution in [0.4, 0.5) is 0 Å². The van der Waals surface area contributed by atoms with Crippen LogP contribution in [0.5, 0.6) is 0 Å². The molecule has 1 amide bonds. The number of amides is 1. The molecule has 0 radical (unpaired) electrons. The van der Waals surface area contributed by atoms with E-state index in [0.29, 0.717) is 0 Å². The lowest BCUT2D eigenvalue weighted by Crippen LogP contribution is -2.47. The molecule has 0 aromatic heterocycles. The highest BCUT2D eigenvalue weighted by Gasteiger charge is 2.44. The smallest absolute Gasteiger partial charge is 0.224 e. The van der Waals surface area contributed by atoms with Crippen LogP contribution in [-0.4, -0.2) is 36.6 Å². The zero-order valence-electron chi connectivity index (χ0n) is 10.9. The number of carbonyl (C=O) groups is 1. The van der Waals surface area contributed by atoms with Gasteiger partial charge < -0.3 is 4.90 Å². The molecule has 2 N–H and O–H groups in total. The molecule has 2 fully saturated rings. The summed E-state index contributed by atoms with van der Waals surface area (Å²) < 4.78 is 22.8. The first kappa shape index (κ1) is 13.8. The number of likely N-dealkylation sites (tertiary alicyclic amines) is 1. The van der Waals surface area contributed by atoms with Crippen molar-refractivity contribution in [2.24, 2.45) is 5.14 Å². The lowest BCUT2D eigenvalue weighted by atomic mass is 9.91. The number of rotatable bonds is 2. The predicted molar refractivity (Wildman–Crippen MR) is 69.3 cm³/mol. The number of nitrogens with two attached hydrogens (primary N) is 1. The van der Waals surface area contributed by atoms with Crippen molar-refractivity contribution in [2.45, 2.75) is 62.7 Å². The summed E-state index contributed by atoms with van der Waals surface area (Å²) in [5.41, 5.74) is -0.174. The van der Waals surface area contributed by atoms with Crippen LogP contribution in [0.3, 0.4) is 0 Å². The largest absolute Gasteiger partial charge is 0.336 e. The molecule has 0 spiro atoms. The number of hydrogen-bond acceptors (Lipinski definition) is 3. The van der Waals surface area contributed by atoms with Crippen LogP contribution < -0.4 is 5.14 Å². The van der Waals surface area contributed by atoms with Gasteiger partial charge in [-0.25, -0.2) is 13.6 Å². The van der Waals surface area contributed by atoms with Crippen LogP contribution in [0.25, 0.3) is 0 Å². The molecular formula is C12H22N2O3S. The van der Waals surface area contributed by atoms with E-state index in [9.17, 15) is 13.2 Å². The number of nitrogens with zero attached hydrogens (tertiary/aromatic N) is 1. The van der Waals surface area contributed by atoms with Crippen LogP contribution in [0.15, 0.2) is 0 Å². The molecule has 5 nitrogen and oxygen atoms in total. The van der Waals surface area contributed by atoms with E-state index < -0.39 is 15.3 Å². The van der Waals surface area contributed by atoms with Crippen molar-refractivity contribution in [1.29, 1.82) is 0 Å². The Morgan fingerprint density at radius 1 is 1.22 bits per heavy atom. The summed E-state index contributed by atoms with van der Waals surface area (Å²) in [6, 6.07) is 0. The van der Waals surface area contributed by atoms with Gasteiger partial charge >= 0.3 is 0 Å². The van der Waals surface area contributed by atoms with Crippen LogP contribution >= 0.6 is 0 Å². The van der Waals surface area contributed by atoms with Crippen LogP contribution in [0, 0.1) is 0 Å². The molecular weight excluding hydrogens is 252 g/mol. The van der Waals surface area contributed by atoms with E-state index >= 15 is 0 Å². The summed E-state index contributed by atoms with van der Waals surface area (Å²) >= 11 is 0. The summed E-state index contributed by atoms with van der Waals surface area (Å²) in [6.45, 7) is 2.36. The quantitative estimate of drug-likeness (QED) is 0.762. The number of sulfonamides is 1. The molecule has 2 aliphatic rings. The highest BCUT2D eigenvalue weighted by molar-refractivity contribution is 7.89. The molecule has 1 unspecified atom stereocenters. The van der Waals surface area contributed by atoms with Gasteiger partial charge in [0.15, 0.2) is 0 Å². The zero-order chi connectivity index (χ0) is 13.4. The summed E-state index contributed by atoms with van der Waals surface area (Å²) in [4.78, 5) is 13.8. The van der Waals surface area contributed by atoms with Gasteiger partial charge in [0.2, 0.25) is 15.9 Å². The first-order valence-corrected chi connectivity index (χ1v) is 8.26. The van der Waals surface area contributed by atoms with Crippen molar-refractivity contribution in [2.75, 3.05) is 6.54 Å². The van der Waals surface area contributed by atoms with Crippen molar-refractivity contribution in [3.8, 4) is 0 Å². The average molecular weight is 274 g/mol. The topological polar surface area (TPSA) is 80.5 Å². The van der Waals surface area contributed by atoms with Crippen molar-refractivity contribution < 1.29 is 13.2 Å². The molecule has 1 saturated heterocycles. The highest BCUT2D eigenvalue weighted by atomic mass is 32.2. The molecule has 1 heterocycles. The number of carbonyl (C=O) groups excluding carboxylic acids is 1. The highest BCUT2D eigenvalue weighted by Crippen LogP contribution is 2.35. The fraction of sp³-hybridized carbons (Fsp3) is 0.917. The fourth-order valence-corrected chi connectivity index (χ4v) is 3.91. The third-order valence-corrected chi connectivity index (χ3v) is 5.63.